The molecule has 48 heavy (non-hydrogen) atoms. The molecule has 2 atom stereocenters. The summed E-state index contributed by atoms with van der Waals surface area (Å²) < 4.78 is 9.06. The topological polar surface area (TPSA) is 127 Å². The van der Waals surface area contributed by atoms with Crippen LogP contribution in [0, 0.1) is 5.41 Å². The molecule has 0 aromatic carbocycles. The van der Waals surface area contributed by atoms with Gasteiger partial charge in [-0.05, 0) is 74.4 Å². The zero-order valence-corrected chi connectivity index (χ0v) is 28.4. The maximum Gasteiger partial charge on any atom is 0.290 e. The number of aryl methyl sites for hydroxylation is 1. The molecule has 3 aliphatic rings. The van der Waals surface area contributed by atoms with E-state index in [9.17, 15) is 14.4 Å². The monoisotopic (exact) mass is 650 g/mol. The number of morpholine rings is 1. The summed E-state index contributed by atoms with van der Waals surface area (Å²) in [7, 11) is 1.60. The third-order valence-electron chi connectivity index (χ3n) is 9.78. The number of hydrogen-bond donors (Lipinski definition) is 1. The van der Waals surface area contributed by atoms with Crippen molar-refractivity contribution < 1.29 is 14.3 Å². The van der Waals surface area contributed by atoms with Crippen LogP contribution in [-0.4, -0.2) is 72.9 Å². The summed E-state index contributed by atoms with van der Waals surface area (Å²) in [5.74, 6) is 0.888. The molecule has 0 radical (unpaired) electrons. The molecule has 12 heteroatoms. The summed E-state index contributed by atoms with van der Waals surface area (Å²) in [6.07, 6.45) is 5.78. The molecule has 7 rings (SSSR count). The fraction of sp³-hybridized carbons (Fsp3) is 0.444. The molecular formula is C36H42N8O4. The number of carbonyl (C=O) groups excluding carboxylic acids is 2. The molecule has 12 nitrogen and oxygen atoms in total. The van der Waals surface area contributed by atoms with Crippen LogP contribution in [0.15, 0.2) is 47.5 Å². The van der Waals surface area contributed by atoms with Gasteiger partial charge in [0.15, 0.2) is 0 Å². The van der Waals surface area contributed by atoms with Crippen molar-refractivity contribution >= 4 is 29.1 Å². The number of nitrogens with zero attached hydrogens (tertiary/aromatic N) is 7. The predicted molar refractivity (Wildman–Crippen MR) is 183 cm³/mol. The van der Waals surface area contributed by atoms with E-state index in [-0.39, 0.29) is 40.6 Å². The van der Waals surface area contributed by atoms with Crippen LogP contribution in [0.5, 0.6) is 0 Å². The highest BCUT2D eigenvalue weighted by Gasteiger charge is 2.37. The summed E-state index contributed by atoms with van der Waals surface area (Å²) in [6.45, 7) is 12.8. The van der Waals surface area contributed by atoms with Gasteiger partial charge in [0.05, 0.1) is 36.6 Å². The molecule has 1 fully saturated rings. The van der Waals surface area contributed by atoms with Crippen LogP contribution in [-0.2, 0) is 37.6 Å². The van der Waals surface area contributed by atoms with Crippen LogP contribution in [0.3, 0.4) is 0 Å². The van der Waals surface area contributed by atoms with Gasteiger partial charge in [0.2, 0.25) is 0 Å². The lowest BCUT2D eigenvalue weighted by atomic mass is 9.90. The van der Waals surface area contributed by atoms with E-state index >= 15 is 0 Å². The van der Waals surface area contributed by atoms with Crippen molar-refractivity contribution in [1.82, 2.24) is 29.2 Å². The van der Waals surface area contributed by atoms with E-state index in [0.29, 0.717) is 49.1 Å². The van der Waals surface area contributed by atoms with E-state index in [0.717, 1.165) is 36.2 Å². The largest absolute Gasteiger partial charge is 0.377 e. The first-order chi connectivity index (χ1) is 23.0. The highest BCUT2D eigenvalue weighted by Crippen LogP contribution is 2.40. The lowest BCUT2D eigenvalue weighted by Gasteiger charge is -2.38. The number of rotatable bonds is 6. The summed E-state index contributed by atoms with van der Waals surface area (Å²) in [5.41, 5.74) is 6.16. The quantitative estimate of drug-likeness (QED) is 0.326. The zero-order chi connectivity index (χ0) is 33.9. The lowest BCUT2D eigenvalue weighted by molar-refractivity contribution is -0.0249. The summed E-state index contributed by atoms with van der Waals surface area (Å²) >= 11 is 0. The Balaban J connectivity index is 1.16. The Kier molecular flexibility index (Phi) is 7.93. The Bertz CT molecular complexity index is 1970. The van der Waals surface area contributed by atoms with Gasteiger partial charge in [-0.1, -0.05) is 20.8 Å². The molecule has 6 heterocycles. The van der Waals surface area contributed by atoms with E-state index in [1.165, 1.54) is 22.1 Å². The smallest absolute Gasteiger partial charge is 0.290 e. The fourth-order valence-corrected chi connectivity index (χ4v) is 7.53. The van der Waals surface area contributed by atoms with Gasteiger partial charge >= 0.3 is 0 Å². The molecule has 1 N–H and O–H groups in total. The maximum absolute atomic E-state index is 13.9. The molecule has 2 amide bonds. The molecule has 0 spiro atoms. The van der Waals surface area contributed by atoms with E-state index in [1.54, 1.807) is 36.3 Å². The summed E-state index contributed by atoms with van der Waals surface area (Å²) in [4.78, 5) is 53.1. The molecule has 4 aromatic rings. The Morgan fingerprint density at radius 2 is 1.81 bits per heavy atom. The molecule has 4 aromatic heterocycles. The second-order valence-corrected chi connectivity index (χ2v) is 14.0. The number of hydrogen-bond acceptors (Lipinski definition) is 8. The number of ether oxygens (including phenoxy) is 1. The molecule has 250 valence electrons. The van der Waals surface area contributed by atoms with Gasteiger partial charge in [0, 0.05) is 49.4 Å². The normalized spacial score (nSPS) is 20.1. The van der Waals surface area contributed by atoms with Gasteiger partial charge in [-0.25, -0.2) is 14.6 Å². The minimum absolute atomic E-state index is 0.0353. The van der Waals surface area contributed by atoms with E-state index in [4.69, 9.17) is 9.72 Å². The zero-order valence-electron chi connectivity index (χ0n) is 28.4. The molecule has 2 aliphatic heterocycles. The Morgan fingerprint density at radius 1 is 1.04 bits per heavy atom. The van der Waals surface area contributed by atoms with E-state index in [1.807, 2.05) is 31.7 Å². The molecule has 0 unspecified atom stereocenters. The van der Waals surface area contributed by atoms with Crippen LogP contribution < -0.4 is 15.8 Å². The Hall–Kier alpha value is -4.84. The SMILES string of the molecule is CCc1c(-c2cc(Nc3ccc(C(=O)N4[C@H](C)COC[C@@H]4C)cn3)c(=O)n(C)n2)ccnc1N1CCn2c(cc3c2CC(C)(C)C3)C1=O. The minimum Gasteiger partial charge on any atom is -0.377 e. The van der Waals surface area contributed by atoms with Crippen molar-refractivity contribution in [2.75, 3.05) is 30.0 Å². The van der Waals surface area contributed by atoms with Gasteiger partial charge < -0.3 is 19.5 Å². The van der Waals surface area contributed by atoms with Crippen LogP contribution in [0.25, 0.3) is 11.3 Å². The number of carbonyl (C=O) groups is 2. The lowest BCUT2D eigenvalue weighted by Crippen LogP contribution is -2.52. The van der Waals surface area contributed by atoms with Crippen molar-refractivity contribution in [2.45, 2.75) is 72.5 Å². The maximum atomic E-state index is 13.9. The summed E-state index contributed by atoms with van der Waals surface area (Å²) in [6, 6.07) is 8.98. The average Bonchev–Trinajstić information content (AvgIpc) is 3.55. The number of anilines is 3. The van der Waals surface area contributed by atoms with Crippen LogP contribution in [0.2, 0.25) is 0 Å². The van der Waals surface area contributed by atoms with Crippen molar-refractivity contribution in [3.05, 3.63) is 81.2 Å². The average molecular weight is 651 g/mol. The Morgan fingerprint density at radius 3 is 2.52 bits per heavy atom. The van der Waals surface area contributed by atoms with Crippen molar-refractivity contribution in [3.63, 3.8) is 0 Å². The second-order valence-electron chi connectivity index (χ2n) is 14.0. The third-order valence-corrected chi connectivity index (χ3v) is 9.78. The number of nitrogens with one attached hydrogen (secondary N) is 1. The van der Waals surface area contributed by atoms with E-state index < -0.39 is 0 Å². The van der Waals surface area contributed by atoms with Crippen molar-refractivity contribution in [3.8, 4) is 11.3 Å². The number of amides is 2. The molecule has 0 bridgehead atoms. The molecule has 0 saturated carbocycles. The first-order valence-electron chi connectivity index (χ1n) is 16.7. The summed E-state index contributed by atoms with van der Waals surface area (Å²) in [5, 5.41) is 7.73. The van der Waals surface area contributed by atoms with Gasteiger partial charge in [-0.3, -0.25) is 19.3 Å². The Labute approximate surface area is 279 Å². The van der Waals surface area contributed by atoms with Crippen LogP contribution in [0.4, 0.5) is 17.3 Å². The molecule has 1 saturated heterocycles. The molecule has 1 aliphatic carbocycles. The highest BCUT2D eigenvalue weighted by molar-refractivity contribution is 6.06. The fourth-order valence-electron chi connectivity index (χ4n) is 7.53. The van der Waals surface area contributed by atoms with Gasteiger partial charge in [0.1, 0.15) is 23.0 Å². The van der Waals surface area contributed by atoms with Crippen LogP contribution in [0.1, 0.15) is 72.3 Å². The van der Waals surface area contributed by atoms with Crippen molar-refractivity contribution in [1.29, 1.82) is 0 Å². The van der Waals surface area contributed by atoms with E-state index in [2.05, 4.69) is 39.9 Å². The number of aromatic nitrogens is 5. The number of pyridine rings is 2. The standard InChI is InChI=1S/C36H42N8O4/c1-7-25-26(10-11-37-32(25)43-13-12-42-29(35(43)47)14-24-16-36(4,5)17-30(24)42)27-15-28(34(46)41(6)40-27)39-31-9-8-23(18-38-31)33(45)44-21(2)19-48-20-22(44)3/h8-11,14-15,18,21-22H,7,12-13,16-17,19-20H2,1-6H3,(H,38,39)/t21-,22+. The van der Waals surface area contributed by atoms with Gasteiger partial charge in [-0.15, -0.1) is 0 Å². The minimum atomic E-state index is -0.327. The third kappa shape index (κ3) is 5.47. The highest BCUT2D eigenvalue weighted by atomic mass is 16.5. The first-order valence-corrected chi connectivity index (χ1v) is 16.7. The first kappa shape index (κ1) is 31.7. The second kappa shape index (κ2) is 12.0. The van der Waals surface area contributed by atoms with Crippen molar-refractivity contribution in [2.24, 2.45) is 12.5 Å². The van der Waals surface area contributed by atoms with Gasteiger partial charge in [0.25, 0.3) is 17.4 Å². The van der Waals surface area contributed by atoms with Crippen LogP contribution >= 0.6 is 0 Å². The number of fused-ring (bicyclic) bond motifs is 3. The molecular weight excluding hydrogens is 608 g/mol. The predicted octanol–water partition coefficient (Wildman–Crippen LogP) is 4.38. The van der Waals surface area contributed by atoms with Gasteiger partial charge in [-0.2, -0.15) is 5.10 Å².